The molecule has 1 aliphatic heterocycles. The lowest BCUT2D eigenvalue weighted by Gasteiger charge is -2.43. The standard InChI is InChI=1S/C16H26N2O6/c1-15(2,3)24-11(21)9-17-13(22)12-10(20)8-16(4,5)18(6-7-19)14(12)23/h12,19H,6-9H2,1-5H3,(H,17,22). The fourth-order valence-electron chi connectivity index (χ4n) is 2.63. The molecule has 1 unspecified atom stereocenters. The number of carbonyl (C=O) groups is 4. The minimum absolute atomic E-state index is 0.00324. The van der Waals surface area contributed by atoms with Crippen molar-refractivity contribution in [1.82, 2.24) is 10.2 Å². The van der Waals surface area contributed by atoms with Crippen LogP contribution in [0.3, 0.4) is 0 Å². The van der Waals surface area contributed by atoms with Crippen molar-refractivity contribution in [2.45, 2.75) is 52.2 Å². The number of hydrogen-bond acceptors (Lipinski definition) is 6. The quantitative estimate of drug-likeness (QED) is 0.521. The number of ketones is 1. The minimum atomic E-state index is -1.49. The summed E-state index contributed by atoms with van der Waals surface area (Å²) in [4.78, 5) is 49.8. The average Bonchev–Trinajstić information content (AvgIpc) is 2.38. The number of esters is 1. The van der Waals surface area contributed by atoms with E-state index in [9.17, 15) is 19.2 Å². The molecule has 1 saturated heterocycles. The average molecular weight is 342 g/mol. The maximum atomic E-state index is 12.5. The smallest absolute Gasteiger partial charge is 0.325 e. The number of carbonyl (C=O) groups excluding carboxylic acids is 4. The molecule has 0 bridgehead atoms. The molecular weight excluding hydrogens is 316 g/mol. The molecule has 24 heavy (non-hydrogen) atoms. The van der Waals surface area contributed by atoms with Gasteiger partial charge in [-0.3, -0.25) is 19.2 Å². The number of ether oxygens (including phenoxy) is 1. The highest BCUT2D eigenvalue weighted by Gasteiger charge is 2.48. The Kier molecular flexibility index (Phi) is 6.10. The number of aliphatic hydroxyl groups is 1. The molecule has 1 fully saturated rings. The van der Waals surface area contributed by atoms with Gasteiger partial charge in [-0.25, -0.2) is 0 Å². The molecule has 0 radical (unpaired) electrons. The number of likely N-dealkylation sites (tertiary alicyclic amines) is 1. The Morgan fingerprint density at radius 3 is 2.42 bits per heavy atom. The van der Waals surface area contributed by atoms with Crippen LogP contribution in [0.5, 0.6) is 0 Å². The van der Waals surface area contributed by atoms with Crippen molar-refractivity contribution in [3.63, 3.8) is 0 Å². The van der Waals surface area contributed by atoms with Gasteiger partial charge in [0.1, 0.15) is 12.1 Å². The second kappa shape index (κ2) is 7.29. The number of hydrogen-bond donors (Lipinski definition) is 2. The van der Waals surface area contributed by atoms with Crippen molar-refractivity contribution in [2.24, 2.45) is 5.92 Å². The number of β-amino-alcohol motifs (C(OH)–C–C–N with tert-alkyl or cyclic N) is 1. The van der Waals surface area contributed by atoms with Crippen LogP contribution < -0.4 is 5.32 Å². The fourth-order valence-corrected chi connectivity index (χ4v) is 2.63. The van der Waals surface area contributed by atoms with Gasteiger partial charge in [0.25, 0.3) is 0 Å². The van der Waals surface area contributed by atoms with Gasteiger partial charge < -0.3 is 20.1 Å². The lowest BCUT2D eigenvalue weighted by atomic mass is 9.82. The molecule has 0 aromatic rings. The van der Waals surface area contributed by atoms with E-state index in [0.717, 1.165) is 0 Å². The van der Waals surface area contributed by atoms with Gasteiger partial charge >= 0.3 is 5.97 Å². The van der Waals surface area contributed by atoms with E-state index in [1.165, 1.54) is 4.90 Å². The zero-order chi connectivity index (χ0) is 18.7. The molecule has 0 saturated carbocycles. The van der Waals surface area contributed by atoms with Crippen LogP contribution in [-0.2, 0) is 23.9 Å². The largest absolute Gasteiger partial charge is 0.459 e. The van der Waals surface area contributed by atoms with Crippen molar-refractivity contribution >= 4 is 23.6 Å². The highest BCUT2D eigenvalue weighted by molar-refractivity contribution is 6.20. The van der Waals surface area contributed by atoms with E-state index >= 15 is 0 Å². The predicted octanol–water partition coefficient (Wildman–Crippen LogP) is -0.367. The lowest BCUT2D eigenvalue weighted by Crippen LogP contribution is -2.61. The van der Waals surface area contributed by atoms with Crippen molar-refractivity contribution in [1.29, 1.82) is 0 Å². The highest BCUT2D eigenvalue weighted by atomic mass is 16.6. The summed E-state index contributed by atoms with van der Waals surface area (Å²) in [5.41, 5.74) is -1.46. The first-order valence-corrected chi connectivity index (χ1v) is 7.83. The van der Waals surface area contributed by atoms with Gasteiger partial charge in [0, 0.05) is 18.5 Å². The van der Waals surface area contributed by atoms with Gasteiger partial charge in [-0.15, -0.1) is 0 Å². The van der Waals surface area contributed by atoms with Crippen LogP contribution in [0.2, 0.25) is 0 Å². The number of amides is 2. The second-order valence-electron chi connectivity index (χ2n) is 7.41. The lowest BCUT2D eigenvalue weighted by molar-refractivity contribution is -0.160. The molecule has 0 spiro atoms. The Morgan fingerprint density at radius 1 is 1.33 bits per heavy atom. The van der Waals surface area contributed by atoms with Crippen LogP contribution >= 0.6 is 0 Å². The summed E-state index contributed by atoms with van der Waals surface area (Å²) in [6.45, 7) is 7.82. The predicted molar refractivity (Wildman–Crippen MR) is 84.8 cm³/mol. The van der Waals surface area contributed by atoms with Gasteiger partial charge in [-0.2, -0.15) is 0 Å². The Bertz CT molecular complexity index is 535. The van der Waals surface area contributed by atoms with E-state index in [0.29, 0.717) is 0 Å². The summed E-state index contributed by atoms with van der Waals surface area (Å²) in [5.74, 6) is -4.13. The molecule has 136 valence electrons. The molecule has 1 heterocycles. The highest BCUT2D eigenvalue weighted by Crippen LogP contribution is 2.29. The maximum absolute atomic E-state index is 12.5. The third-order valence-electron chi connectivity index (χ3n) is 3.59. The first-order chi connectivity index (χ1) is 10.9. The van der Waals surface area contributed by atoms with Crippen LogP contribution in [0, 0.1) is 5.92 Å². The number of rotatable bonds is 5. The van der Waals surface area contributed by atoms with Crippen molar-refractivity contribution < 1.29 is 29.0 Å². The maximum Gasteiger partial charge on any atom is 0.325 e. The van der Waals surface area contributed by atoms with Gasteiger partial charge in [0.2, 0.25) is 11.8 Å². The van der Waals surface area contributed by atoms with Crippen LogP contribution in [0.25, 0.3) is 0 Å². The molecule has 2 amide bonds. The van der Waals surface area contributed by atoms with E-state index in [2.05, 4.69) is 5.32 Å². The topological polar surface area (TPSA) is 113 Å². The van der Waals surface area contributed by atoms with E-state index in [1.54, 1.807) is 34.6 Å². The number of nitrogens with one attached hydrogen (secondary N) is 1. The van der Waals surface area contributed by atoms with Gasteiger partial charge in [0.05, 0.1) is 6.61 Å². The van der Waals surface area contributed by atoms with Crippen LogP contribution in [0.1, 0.15) is 41.0 Å². The SMILES string of the molecule is CC(C)(C)OC(=O)CNC(=O)C1C(=O)CC(C)(C)N(CCO)C1=O. The van der Waals surface area contributed by atoms with E-state index in [1.807, 2.05) is 0 Å². The third-order valence-corrected chi connectivity index (χ3v) is 3.59. The molecule has 8 heteroatoms. The number of Topliss-reactive ketones (excluding diaryl/α,β-unsaturated/α-hetero) is 1. The van der Waals surface area contributed by atoms with E-state index in [-0.39, 0.29) is 19.6 Å². The number of piperidine rings is 1. The zero-order valence-corrected chi connectivity index (χ0v) is 14.8. The first-order valence-electron chi connectivity index (χ1n) is 7.83. The van der Waals surface area contributed by atoms with Crippen LogP contribution in [0.4, 0.5) is 0 Å². The van der Waals surface area contributed by atoms with Gasteiger partial charge in [-0.05, 0) is 34.6 Å². The van der Waals surface area contributed by atoms with E-state index < -0.39 is 47.2 Å². The Morgan fingerprint density at radius 2 is 1.92 bits per heavy atom. The molecule has 8 nitrogen and oxygen atoms in total. The summed E-state index contributed by atoms with van der Waals surface area (Å²) in [7, 11) is 0. The first kappa shape index (κ1) is 20.1. The molecule has 1 atom stereocenters. The fraction of sp³-hybridized carbons (Fsp3) is 0.750. The Balaban J connectivity index is 2.77. The Hall–Kier alpha value is -1.96. The van der Waals surface area contributed by atoms with Gasteiger partial charge in [0.15, 0.2) is 11.7 Å². The monoisotopic (exact) mass is 342 g/mol. The summed E-state index contributed by atoms with van der Waals surface area (Å²) in [5, 5.41) is 11.4. The number of aliphatic hydroxyl groups excluding tert-OH is 1. The van der Waals surface area contributed by atoms with Crippen molar-refractivity contribution in [3.05, 3.63) is 0 Å². The molecular formula is C16H26N2O6. The summed E-state index contributed by atoms with van der Waals surface area (Å²) in [6, 6.07) is 0. The third kappa shape index (κ3) is 5.02. The van der Waals surface area contributed by atoms with Crippen LogP contribution in [-0.4, -0.2) is 64.4 Å². The molecule has 0 aromatic heterocycles. The number of nitrogens with zero attached hydrogens (tertiary/aromatic N) is 1. The Labute approximate surface area is 141 Å². The molecule has 2 N–H and O–H groups in total. The van der Waals surface area contributed by atoms with Crippen LogP contribution in [0.15, 0.2) is 0 Å². The summed E-state index contributed by atoms with van der Waals surface area (Å²) < 4.78 is 5.05. The molecule has 1 aliphatic rings. The van der Waals surface area contributed by atoms with E-state index in [4.69, 9.17) is 9.84 Å². The second-order valence-corrected chi connectivity index (χ2v) is 7.41. The summed E-state index contributed by atoms with van der Waals surface area (Å²) in [6.07, 6.45) is 0.00324. The zero-order valence-electron chi connectivity index (χ0n) is 14.8. The van der Waals surface area contributed by atoms with Crippen molar-refractivity contribution in [2.75, 3.05) is 19.7 Å². The minimum Gasteiger partial charge on any atom is -0.459 e. The molecule has 0 aromatic carbocycles. The molecule has 0 aliphatic carbocycles. The molecule has 1 rings (SSSR count). The van der Waals surface area contributed by atoms with Gasteiger partial charge in [-0.1, -0.05) is 0 Å². The normalized spacial score (nSPS) is 20.8. The summed E-state index contributed by atoms with van der Waals surface area (Å²) >= 11 is 0. The van der Waals surface area contributed by atoms with Crippen molar-refractivity contribution in [3.8, 4) is 0 Å².